The average Bonchev–Trinajstić information content (AvgIpc) is 3.29. The summed E-state index contributed by atoms with van der Waals surface area (Å²) < 4.78 is 5.35. The minimum absolute atomic E-state index is 0.135. The van der Waals surface area contributed by atoms with Crippen LogP contribution in [0, 0.1) is 0 Å². The third-order valence-corrected chi connectivity index (χ3v) is 5.80. The highest BCUT2D eigenvalue weighted by molar-refractivity contribution is 5.76. The summed E-state index contributed by atoms with van der Waals surface area (Å²) in [6.07, 6.45) is 5.54. The van der Waals surface area contributed by atoms with E-state index in [1.54, 1.807) is 0 Å². The van der Waals surface area contributed by atoms with Gasteiger partial charge in [0.1, 0.15) is 0 Å². The number of para-hydroxylation sites is 1. The van der Waals surface area contributed by atoms with Gasteiger partial charge in [-0.3, -0.25) is 4.79 Å². The summed E-state index contributed by atoms with van der Waals surface area (Å²) >= 11 is 0. The Bertz CT molecular complexity index is 980. The molecule has 0 bridgehead atoms. The van der Waals surface area contributed by atoms with Gasteiger partial charge in [-0.1, -0.05) is 53.7 Å². The van der Waals surface area contributed by atoms with E-state index in [9.17, 15) is 4.79 Å². The molecule has 0 spiro atoms. The monoisotopic (exact) mass is 418 g/mol. The molecule has 0 radical (unpaired) electrons. The number of piperidine rings is 1. The lowest BCUT2D eigenvalue weighted by molar-refractivity contribution is -0.130. The molecular formula is C25H30N4O2. The maximum atomic E-state index is 12.7. The molecule has 1 fully saturated rings. The Morgan fingerprint density at radius 3 is 2.58 bits per heavy atom. The maximum absolute atomic E-state index is 12.7. The van der Waals surface area contributed by atoms with Crippen molar-refractivity contribution >= 4 is 11.6 Å². The number of carbonyl (C=O) groups is 1. The normalized spacial score (nSPS) is 13.9. The van der Waals surface area contributed by atoms with E-state index in [2.05, 4.69) is 39.3 Å². The maximum Gasteiger partial charge on any atom is 0.226 e. The van der Waals surface area contributed by atoms with Gasteiger partial charge in [0.2, 0.25) is 17.6 Å². The molecule has 3 aromatic rings. The van der Waals surface area contributed by atoms with Crippen molar-refractivity contribution in [2.45, 2.75) is 45.1 Å². The molecule has 162 valence electrons. The Hall–Kier alpha value is -3.15. The van der Waals surface area contributed by atoms with Crippen molar-refractivity contribution in [3.63, 3.8) is 0 Å². The van der Waals surface area contributed by atoms with Gasteiger partial charge in [-0.05, 0) is 37.3 Å². The Kier molecular flexibility index (Phi) is 6.97. The Labute approximate surface area is 183 Å². The van der Waals surface area contributed by atoms with E-state index in [-0.39, 0.29) is 5.91 Å². The minimum Gasteiger partial charge on any atom is -0.371 e. The van der Waals surface area contributed by atoms with Crippen LogP contribution in [0.1, 0.15) is 43.6 Å². The molecule has 4 rings (SSSR count). The van der Waals surface area contributed by atoms with Gasteiger partial charge in [0, 0.05) is 50.8 Å². The molecule has 6 nitrogen and oxygen atoms in total. The van der Waals surface area contributed by atoms with Crippen molar-refractivity contribution in [3.05, 3.63) is 66.1 Å². The standard InChI is InChI=1S/C25H30N4O2/c1-28(19-21-13-6-7-14-22(21)29-17-8-3-9-18-29)24(30)16-10-15-23-26-25(27-31-23)20-11-4-2-5-12-20/h2,4-7,11-14H,3,8-10,15-19H2,1H3. The summed E-state index contributed by atoms with van der Waals surface area (Å²) in [6, 6.07) is 18.2. The van der Waals surface area contributed by atoms with Gasteiger partial charge in [0.05, 0.1) is 0 Å². The van der Waals surface area contributed by atoms with Crippen LogP contribution in [0.15, 0.2) is 59.1 Å². The molecule has 0 unspecified atom stereocenters. The zero-order valence-electron chi connectivity index (χ0n) is 18.2. The number of amides is 1. The number of hydrogen-bond donors (Lipinski definition) is 0. The van der Waals surface area contributed by atoms with Gasteiger partial charge >= 0.3 is 0 Å². The van der Waals surface area contributed by atoms with E-state index < -0.39 is 0 Å². The predicted octanol–water partition coefficient (Wildman–Crippen LogP) is 4.71. The van der Waals surface area contributed by atoms with E-state index in [0.717, 1.165) is 18.7 Å². The third kappa shape index (κ3) is 5.51. The van der Waals surface area contributed by atoms with Crippen LogP contribution in [0.25, 0.3) is 11.4 Å². The fourth-order valence-corrected chi connectivity index (χ4v) is 4.07. The number of aromatic nitrogens is 2. The van der Waals surface area contributed by atoms with Crippen LogP contribution in [-0.2, 0) is 17.8 Å². The van der Waals surface area contributed by atoms with E-state index >= 15 is 0 Å². The fraction of sp³-hybridized carbons (Fsp3) is 0.400. The molecule has 1 saturated heterocycles. The molecule has 1 aliphatic heterocycles. The van der Waals surface area contributed by atoms with Gasteiger partial charge in [0.25, 0.3) is 0 Å². The van der Waals surface area contributed by atoms with Crippen LogP contribution in [0.3, 0.4) is 0 Å². The molecule has 0 atom stereocenters. The lowest BCUT2D eigenvalue weighted by Gasteiger charge is -2.31. The summed E-state index contributed by atoms with van der Waals surface area (Å²) in [4.78, 5) is 21.4. The Morgan fingerprint density at radius 1 is 1.03 bits per heavy atom. The molecule has 2 heterocycles. The first-order valence-electron chi connectivity index (χ1n) is 11.2. The lowest BCUT2D eigenvalue weighted by atomic mass is 10.1. The number of rotatable bonds is 8. The number of aryl methyl sites for hydroxylation is 1. The largest absolute Gasteiger partial charge is 0.371 e. The van der Waals surface area contributed by atoms with Crippen molar-refractivity contribution in [1.29, 1.82) is 0 Å². The van der Waals surface area contributed by atoms with E-state index in [1.165, 1.54) is 30.5 Å². The summed E-state index contributed by atoms with van der Waals surface area (Å²) in [7, 11) is 1.88. The van der Waals surface area contributed by atoms with Crippen molar-refractivity contribution < 1.29 is 9.32 Å². The molecule has 6 heteroatoms. The van der Waals surface area contributed by atoms with Crippen molar-refractivity contribution in [2.75, 3.05) is 25.0 Å². The van der Waals surface area contributed by atoms with Crippen molar-refractivity contribution in [3.8, 4) is 11.4 Å². The summed E-state index contributed by atoms with van der Waals surface area (Å²) in [5, 5.41) is 4.04. The summed E-state index contributed by atoms with van der Waals surface area (Å²) in [5.41, 5.74) is 3.41. The number of carbonyl (C=O) groups excluding carboxylic acids is 1. The van der Waals surface area contributed by atoms with Crippen LogP contribution in [-0.4, -0.2) is 41.1 Å². The average molecular weight is 419 g/mol. The van der Waals surface area contributed by atoms with Gasteiger partial charge in [0.15, 0.2) is 0 Å². The van der Waals surface area contributed by atoms with Gasteiger partial charge < -0.3 is 14.3 Å². The molecule has 1 amide bonds. The lowest BCUT2D eigenvalue weighted by Crippen LogP contribution is -2.32. The smallest absolute Gasteiger partial charge is 0.226 e. The molecule has 0 N–H and O–H groups in total. The predicted molar refractivity (Wildman–Crippen MR) is 122 cm³/mol. The van der Waals surface area contributed by atoms with Crippen molar-refractivity contribution in [2.24, 2.45) is 0 Å². The number of nitrogens with zero attached hydrogens (tertiary/aromatic N) is 4. The third-order valence-electron chi connectivity index (χ3n) is 5.80. The van der Waals surface area contributed by atoms with Crippen LogP contribution < -0.4 is 4.90 Å². The molecule has 1 aliphatic rings. The number of anilines is 1. The van der Waals surface area contributed by atoms with Crippen LogP contribution >= 0.6 is 0 Å². The highest BCUT2D eigenvalue weighted by atomic mass is 16.5. The van der Waals surface area contributed by atoms with Gasteiger partial charge in [-0.15, -0.1) is 0 Å². The van der Waals surface area contributed by atoms with Crippen LogP contribution in [0.5, 0.6) is 0 Å². The van der Waals surface area contributed by atoms with Crippen LogP contribution in [0.4, 0.5) is 5.69 Å². The first-order valence-corrected chi connectivity index (χ1v) is 11.2. The second kappa shape index (κ2) is 10.2. The molecule has 0 saturated carbocycles. The number of hydrogen-bond acceptors (Lipinski definition) is 5. The molecule has 0 aliphatic carbocycles. The van der Waals surface area contributed by atoms with E-state index in [0.29, 0.717) is 37.5 Å². The zero-order valence-corrected chi connectivity index (χ0v) is 18.2. The minimum atomic E-state index is 0.135. The molecule has 31 heavy (non-hydrogen) atoms. The zero-order chi connectivity index (χ0) is 21.5. The van der Waals surface area contributed by atoms with Gasteiger partial charge in [-0.2, -0.15) is 4.98 Å². The van der Waals surface area contributed by atoms with Crippen LogP contribution in [0.2, 0.25) is 0 Å². The summed E-state index contributed by atoms with van der Waals surface area (Å²) in [6.45, 7) is 2.83. The van der Waals surface area contributed by atoms with Crippen molar-refractivity contribution in [1.82, 2.24) is 15.0 Å². The quantitative estimate of drug-likeness (QED) is 0.530. The topological polar surface area (TPSA) is 62.5 Å². The summed E-state index contributed by atoms with van der Waals surface area (Å²) in [5.74, 6) is 1.30. The first-order chi connectivity index (χ1) is 15.2. The van der Waals surface area contributed by atoms with E-state index in [1.807, 2.05) is 42.3 Å². The SMILES string of the molecule is CN(Cc1ccccc1N1CCCCC1)C(=O)CCCc1nc(-c2ccccc2)no1. The van der Waals surface area contributed by atoms with Gasteiger partial charge in [-0.25, -0.2) is 0 Å². The second-order valence-corrected chi connectivity index (χ2v) is 8.16. The molecular weight excluding hydrogens is 388 g/mol. The fourth-order valence-electron chi connectivity index (χ4n) is 4.07. The number of benzene rings is 2. The Balaban J connectivity index is 1.28. The first kappa shape index (κ1) is 21.1. The second-order valence-electron chi connectivity index (χ2n) is 8.16. The highest BCUT2D eigenvalue weighted by Gasteiger charge is 2.17. The highest BCUT2D eigenvalue weighted by Crippen LogP contribution is 2.25. The Morgan fingerprint density at radius 2 is 1.77 bits per heavy atom. The molecule has 2 aromatic carbocycles. The van der Waals surface area contributed by atoms with E-state index in [4.69, 9.17) is 4.52 Å². The molecule has 1 aromatic heterocycles.